The number of rotatable bonds is 3. The third-order valence-corrected chi connectivity index (χ3v) is 2.06. The maximum atomic E-state index is 10.4. The summed E-state index contributed by atoms with van der Waals surface area (Å²) in [7, 11) is 1.72. The summed E-state index contributed by atoms with van der Waals surface area (Å²) >= 11 is 0. The molecule has 3 heteroatoms. The molecule has 0 aromatic heterocycles. The Hall–Kier alpha value is -1.64. The predicted molar refractivity (Wildman–Crippen MR) is 58.1 cm³/mol. The van der Waals surface area contributed by atoms with Crippen molar-refractivity contribution in [3.05, 3.63) is 35.6 Å². The van der Waals surface area contributed by atoms with Gasteiger partial charge in [-0.05, 0) is 6.08 Å². The zero-order chi connectivity index (χ0) is 10.4. The molecule has 1 aliphatic rings. The van der Waals surface area contributed by atoms with Gasteiger partial charge in [0.25, 0.3) is 0 Å². The number of amides is 1. The van der Waals surface area contributed by atoms with E-state index in [1.54, 1.807) is 13.3 Å². The highest BCUT2D eigenvalue weighted by Crippen LogP contribution is 2.17. The Bertz CT molecular complexity index is 324. The van der Waals surface area contributed by atoms with Crippen LogP contribution in [0.15, 0.2) is 40.6 Å². The van der Waals surface area contributed by atoms with Crippen molar-refractivity contribution in [1.29, 1.82) is 0 Å². The molecule has 1 amide bonds. The van der Waals surface area contributed by atoms with E-state index in [1.807, 2.05) is 18.2 Å². The molecule has 0 bridgehead atoms. The van der Waals surface area contributed by atoms with Crippen molar-refractivity contribution in [2.24, 2.45) is 10.9 Å². The van der Waals surface area contributed by atoms with Gasteiger partial charge in [-0.3, -0.25) is 9.79 Å². The van der Waals surface area contributed by atoms with E-state index in [-0.39, 0.29) is 5.92 Å². The van der Waals surface area contributed by atoms with E-state index in [2.05, 4.69) is 23.3 Å². The SMILES string of the molecule is CN=CC1=C(NC=O)C=CC=CC1C. The van der Waals surface area contributed by atoms with E-state index >= 15 is 0 Å². The lowest BCUT2D eigenvalue weighted by molar-refractivity contribution is -0.108. The topological polar surface area (TPSA) is 41.5 Å². The van der Waals surface area contributed by atoms with E-state index in [0.717, 1.165) is 11.3 Å². The van der Waals surface area contributed by atoms with Gasteiger partial charge in [0, 0.05) is 30.5 Å². The normalized spacial score (nSPS) is 21.4. The van der Waals surface area contributed by atoms with Crippen LogP contribution >= 0.6 is 0 Å². The molecular formula is C11H14N2O. The molecule has 1 N–H and O–H groups in total. The summed E-state index contributed by atoms with van der Waals surface area (Å²) in [5.41, 5.74) is 1.83. The second-order valence-electron chi connectivity index (χ2n) is 3.05. The molecule has 0 aliphatic heterocycles. The molecule has 0 saturated carbocycles. The fourth-order valence-electron chi connectivity index (χ4n) is 1.35. The lowest BCUT2D eigenvalue weighted by Crippen LogP contribution is -2.14. The molecule has 1 rings (SSSR count). The van der Waals surface area contributed by atoms with E-state index in [0.29, 0.717) is 6.41 Å². The van der Waals surface area contributed by atoms with E-state index < -0.39 is 0 Å². The first-order valence-electron chi connectivity index (χ1n) is 4.51. The number of hydrogen-bond donors (Lipinski definition) is 1. The monoisotopic (exact) mass is 190 g/mol. The van der Waals surface area contributed by atoms with Crippen LogP contribution in [-0.2, 0) is 4.79 Å². The molecule has 0 spiro atoms. The van der Waals surface area contributed by atoms with Gasteiger partial charge in [0.15, 0.2) is 0 Å². The molecule has 1 aliphatic carbocycles. The van der Waals surface area contributed by atoms with Gasteiger partial charge in [0.2, 0.25) is 6.41 Å². The smallest absolute Gasteiger partial charge is 0.211 e. The maximum absolute atomic E-state index is 10.4. The Kier molecular flexibility index (Phi) is 3.85. The quantitative estimate of drug-likeness (QED) is 0.531. The van der Waals surface area contributed by atoms with Crippen LogP contribution in [0.3, 0.4) is 0 Å². The van der Waals surface area contributed by atoms with Crippen molar-refractivity contribution < 1.29 is 4.79 Å². The zero-order valence-corrected chi connectivity index (χ0v) is 8.40. The number of carbonyl (C=O) groups excluding carboxylic acids is 1. The van der Waals surface area contributed by atoms with Crippen molar-refractivity contribution >= 4 is 12.6 Å². The summed E-state index contributed by atoms with van der Waals surface area (Å²) < 4.78 is 0. The summed E-state index contributed by atoms with van der Waals surface area (Å²) in [6.07, 6.45) is 10.3. The molecule has 0 radical (unpaired) electrons. The maximum Gasteiger partial charge on any atom is 0.211 e. The molecule has 3 nitrogen and oxygen atoms in total. The van der Waals surface area contributed by atoms with Crippen molar-refractivity contribution in [2.75, 3.05) is 7.05 Å². The minimum Gasteiger partial charge on any atom is -0.328 e. The van der Waals surface area contributed by atoms with Gasteiger partial charge in [-0.2, -0.15) is 0 Å². The van der Waals surface area contributed by atoms with Crippen LogP contribution < -0.4 is 5.32 Å². The highest BCUT2D eigenvalue weighted by Gasteiger charge is 2.09. The molecule has 0 saturated heterocycles. The van der Waals surface area contributed by atoms with Gasteiger partial charge in [0.1, 0.15) is 0 Å². The molecule has 14 heavy (non-hydrogen) atoms. The Morgan fingerprint density at radius 1 is 1.50 bits per heavy atom. The van der Waals surface area contributed by atoms with E-state index in [9.17, 15) is 4.79 Å². The molecular weight excluding hydrogens is 176 g/mol. The first-order chi connectivity index (χ1) is 6.79. The average molecular weight is 190 g/mol. The van der Waals surface area contributed by atoms with Crippen LogP contribution in [-0.4, -0.2) is 19.7 Å². The summed E-state index contributed by atoms with van der Waals surface area (Å²) in [4.78, 5) is 14.4. The number of nitrogens with one attached hydrogen (secondary N) is 1. The number of nitrogens with zero attached hydrogens (tertiary/aromatic N) is 1. The number of aliphatic imine (C=N–C) groups is 1. The van der Waals surface area contributed by atoms with Crippen LogP contribution in [0.2, 0.25) is 0 Å². The number of carbonyl (C=O) groups is 1. The minimum atomic E-state index is 0.260. The van der Waals surface area contributed by atoms with Gasteiger partial charge in [-0.15, -0.1) is 0 Å². The zero-order valence-electron chi connectivity index (χ0n) is 8.40. The second-order valence-corrected chi connectivity index (χ2v) is 3.05. The summed E-state index contributed by atoms with van der Waals surface area (Å²) in [6.45, 7) is 2.06. The van der Waals surface area contributed by atoms with Crippen LogP contribution in [0.4, 0.5) is 0 Å². The molecule has 1 atom stereocenters. The van der Waals surface area contributed by atoms with Crippen LogP contribution in [0.1, 0.15) is 6.92 Å². The summed E-state index contributed by atoms with van der Waals surface area (Å²) in [6, 6.07) is 0. The van der Waals surface area contributed by atoms with Gasteiger partial charge in [0.05, 0.1) is 0 Å². The highest BCUT2D eigenvalue weighted by molar-refractivity contribution is 5.82. The van der Waals surface area contributed by atoms with Crippen LogP contribution in [0.5, 0.6) is 0 Å². The summed E-state index contributed by atoms with van der Waals surface area (Å²) in [5.74, 6) is 0.260. The van der Waals surface area contributed by atoms with E-state index in [1.165, 1.54) is 0 Å². The number of hydrogen-bond acceptors (Lipinski definition) is 2. The first-order valence-corrected chi connectivity index (χ1v) is 4.51. The van der Waals surface area contributed by atoms with Crippen molar-refractivity contribution in [3.8, 4) is 0 Å². The molecule has 74 valence electrons. The standard InChI is InChI=1S/C11H14N2O/c1-9-5-3-4-6-11(13-8-14)10(9)7-12-2/h3-9H,1-2H3,(H,13,14). The average Bonchev–Trinajstić information content (AvgIpc) is 2.33. The Morgan fingerprint density at radius 3 is 2.93 bits per heavy atom. The first kappa shape index (κ1) is 10.4. The van der Waals surface area contributed by atoms with Gasteiger partial charge >= 0.3 is 0 Å². The van der Waals surface area contributed by atoms with E-state index in [4.69, 9.17) is 0 Å². The Labute approximate surface area is 83.9 Å². The Morgan fingerprint density at radius 2 is 2.29 bits per heavy atom. The highest BCUT2D eigenvalue weighted by atomic mass is 16.1. The van der Waals surface area contributed by atoms with Gasteiger partial charge < -0.3 is 5.32 Å². The molecule has 0 aromatic rings. The third kappa shape index (κ3) is 2.42. The van der Waals surface area contributed by atoms with Crippen molar-refractivity contribution in [3.63, 3.8) is 0 Å². The van der Waals surface area contributed by atoms with Gasteiger partial charge in [-0.1, -0.05) is 25.2 Å². The lowest BCUT2D eigenvalue weighted by atomic mass is 10.0. The molecule has 1 unspecified atom stereocenters. The summed E-state index contributed by atoms with van der Waals surface area (Å²) in [5, 5.41) is 2.67. The second kappa shape index (κ2) is 5.17. The molecule has 0 fully saturated rings. The van der Waals surface area contributed by atoms with Crippen molar-refractivity contribution in [1.82, 2.24) is 5.32 Å². The largest absolute Gasteiger partial charge is 0.328 e. The lowest BCUT2D eigenvalue weighted by Gasteiger charge is -2.10. The van der Waals surface area contributed by atoms with Crippen LogP contribution in [0, 0.1) is 5.92 Å². The fraction of sp³-hybridized carbons (Fsp3) is 0.273. The number of allylic oxidation sites excluding steroid dienone is 5. The molecule has 0 aromatic carbocycles. The minimum absolute atomic E-state index is 0.260. The predicted octanol–water partition coefficient (Wildman–Crippen LogP) is 1.45. The molecule has 0 heterocycles. The van der Waals surface area contributed by atoms with Crippen LogP contribution in [0.25, 0.3) is 0 Å². The Balaban J connectivity index is 3.08. The van der Waals surface area contributed by atoms with Gasteiger partial charge in [-0.25, -0.2) is 0 Å². The van der Waals surface area contributed by atoms with Crippen molar-refractivity contribution in [2.45, 2.75) is 6.92 Å². The fourth-order valence-corrected chi connectivity index (χ4v) is 1.35. The third-order valence-electron chi connectivity index (χ3n) is 2.06.